The third-order valence-corrected chi connectivity index (χ3v) is 11.4. The predicted octanol–water partition coefficient (Wildman–Crippen LogP) is 6.48. The van der Waals surface area contributed by atoms with Crippen LogP contribution in [0.3, 0.4) is 0 Å². The smallest absolute Gasteiger partial charge is 0.197 e. The SMILES string of the molecule is COc1ccc(C(=O)C(C(=S)Nc2ccccc2)=P(c2ccccc2)(c2ccccc2)c2ccccc2)cc1. The average molecular weight is 546 g/mol. The van der Waals surface area contributed by atoms with Crippen LogP contribution in [0.2, 0.25) is 0 Å². The lowest BCUT2D eigenvalue weighted by molar-refractivity contribution is 0.107. The van der Waals surface area contributed by atoms with Crippen molar-refractivity contribution in [2.75, 3.05) is 12.4 Å². The van der Waals surface area contributed by atoms with Crippen LogP contribution in [0.1, 0.15) is 10.4 Å². The highest BCUT2D eigenvalue weighted by Crippen LogP contribution is 2.47. The Kier molecular flexibility index (Phi) is 8.17. The third kappa shape index (κ3) is 5.35. The van der Waals surface area contributed by atoms with E-state index in [0.717, 1.165) is 21.6 Å². The minimum Gasteiger partial charge on any atom is -0.497 e. The number of rotatable bonds is 8. The number of anilines is 1. The summed E-state index contributed by atoms with van der Waals surface area (Å²) in [7, 11) is 1.62. The van der Waals surface area contributed by atoms with Crippen molar-refractivity contribution in [2.45, 2.75) is 0 Å². The van der Waals surface area contributed by atoms with Gasteiger partial charge in [0.05, 0.1) is 12.4 Å². The molecule has 0 radical (unpaired) electrons. The number of Topliss-reactive ketones (excluding diaryl/α,β-unsaturated/α-hetero) is 1. The van der Waals surface area contributed by atoms with Crippen molar-refractivity contribution in [3.05, 3.63) is 151 Å². The van der Waals surface area contributed by atoms with Crippen molar-refractivity contribution in [3.63, 3.8) is 0 Å². The first-order valence-corrected chi connectivity index (χ1v) is 14.8. The Morgan fingerprint density at radius 3 is 1.44 bits per heavy atom. The number of hydrogen-bond acceptors (Lipinski definition) is 3. The summed E-state index contributed by atoms with van der Waals surface area (Å²) in [4.78, 5) is 15.2. The fraction of sp³-hybridized carbons (Fsp3) is 0.0294. The molecule has 0 aliphatic heterocycles. The Morgan fingerprint density at radius 2 is 1.03 bits per heavy atom. The van der Waals surface area contributed by atoms with Gasteiger partial charge in [-0.1, -0.05) is 121 Å². The highest BCUT2D eigenvalue weighted by Gasteiger charge is 2.35. The normalized spacial score (nSPS) is 10.9. The Balaban J connectivity index is 1.93. The lowest BCUT2D eigenvalue weighted by Gasteiger charge is -2.33. The topological polar surface area (TPSA) is 38.3 Å². The molecule has 0 atom stereocenters. The molecule has 0 amide bonds. The second-order valence-electron chi connectivity index (χ2n) is 8.90. The van der Waals surface area contributed by atoms with Crippen LogP contribution in [0.15, 0.2) is 146 Å². The summed E-state index contributed by atoms with van der Waals surface area (Å²) in [5.74, 6) is 0.573. The van der Waals surface area contributed by atoms with Crippen molar-refractivity contribution in [2.24, 2.45) is 0 Å². The molecule has 5 aromatic carbocycles. The molecular weight excluding hydrogens is 517 g/mol. The van der Waals surface area contributed by atoms with Gasteiger partial charge in [0.1, 0.15) is 10.7 Å². The number of nitrogens with one attached hydrogen (secondary N) is 1. The van der Waals surface area contributed by atoms with Crippen LogP contribution in [0.4, 0.5) is 5.69 Å². The van der Waals surface area contributed by atoms with E-state index in [9.17, 15) is 4.79 Å². The number of ketones is 1. The number of carbonyl (C=O) groups excluding carboxylic acids is 1. The number of para-hydroxylation sites is 1. The van der Waals surface area contributed by atoms with Gasteiger partial charge in [0.25, 0.3) is 0 Å². The fourth-order valence-electron chi connectivity index (χ4n) is 4.79. The minimum absolute atomic E-state index is 0.115. The number of benzene rings is 5. The summed E-state index contributed by atoms with van der Waals surface area (Å²) >= 11 is 6.16. The molecule has 0 fully saturated rings. The molecule has 192 valence electrons. The van der Waals surface area contributed by atoms with Crippen molar-refractivity contribution in [1.29, 1.82) is 0 Å². The fourth-order valence-corrected chi connectivity index (χ4v) is 9.73. The van der Waals surface area contributed by atoms with Crippen LogP contribution in [-0.4, -0.2) is 23.2 Å². The zero-order valence-corrected chi connectivity index (χ0v) is 23.2. The molecule has 0 aromatic heterocycles. The highest BCUT2D eigenvalue weighted by atomic mass is 32.1. The summed E-state index contributed by atoms with van der Waals surface area (Å²) in [5.41, 5.74) is 1.38. The number of thiocarbonyl (C=S) groups is 1. The van der Waals surface area contributed by atoms with Crippen LogP contribution in [0.5, 0.6) is 5.75 Å². The molecule has 0 aliphatic carbocycles. The average Bonchev–Trinajstić information content (AvgIpc) is 3.01. The summed E-state index contributed by atoms with van der Waals surface area (Å²) in [6.45, 7) is -2.76. The van der Waals surface area contributed by atoms with Gasteiger partial charge in [-0.05, 0) is 59.2 Å². The maximum absolute atomic E-state index is 14.8. The van der Waals surface area contributed by atoms with Crippen LogP contribution < -0.4 is 26.0 Å². The Morgan fingerprint density at radius 1 is 0.615 bits per heavy atom. The summed E-state index contributed by atoms with van der Waals surface area (Å²) in [6, 6.07) is 47.8. The van der Waals surface area contributed by atoms with Gasteiger partial charge in [0, 0.05) is 11.3 Å². The minimum atomic E-state index is -2.76. The van der Waals surface area contributed by atoms with Gasteiger partial charge in [0.15, 0.2) is 5.78 Å². The van der Waals surface area contributed by atoms with Crippen molar-refractivity contribution < 1.29 is 9.53 Å². The van der Waals surface area contributed by atoms with Crippen molar-refractivity contribution >= 4 is 56.8 Å². The van der Waals surface area contributed by atoms with Gasteiger partial charge in [-0.25, -0.2) is 0 Å². The van der Waals surface area contributed by atoms with Gasteiger partial charge in [-0.2, -0.15) is 0 Å². The second kappa shape index (κ2) is 12.1. The zero-order valence-electron chi connectivity index (χ0n) is 21.5. The number of methoxy groups -OCH3 is 1. The standard InChI is InChI=1S/C34H28NO2PS/c1-37-28-24-22-26(23-25-28)32(36)33(34(39)35-27-14-6-2-7-15-27)38(29-16-8-3-9-17-29,30-18-10-4-11-19-30)31-20-12-5-13-21-31/h2-25H,1H3,(H,35,39). The first-order chi connectivity index (χ1) is 19.1. The van der Waals surface area contributed by atoms with E-state index in [4.69, 9.17) is 17.0 Å². The van der Waals surface area contributed by atoms with E-state index in [-0.39, 0.29) is 5.78 Å². The van der Waals surface area contributed by atoms with E-state index >= 15 is 0 Å². The van der Waals surface area contributed by atoms with E-state index in [1.807, 2.05) is 109 Å². The van der Waals surface area contributed by atoms with Crippen molar-refractivity contribution in [1.82, 2.24) is 0 Å². The van der Waals surface area contributed by atoms with E-state index in [1.54, 1.807) is 7.11 Å². The van der Waals surface area contributed by atoms with Gasteiger partial charge in [0.2, 0.25) is 0 Å². The summed E-state index contributed by atoms with van der Waals surface area (Å²) in [5, 5.41) is 7.14. The maximum atomic E-state index is 14.8. The molecule has 0 unspecified atom stereocenters. The van der Waals surface area contributed by atoms with Crippen LogP contribution in [0, 0.1) is 0 Å². The molecule has 1 N–H and O–H groups in total. The largest absolute Gasteiger partial charge is 0.497 e. The monoisotopic (exact) mass is 545 g/mol. The van der Waals surface area contributed by atoms with Gasteiger partial charge in [-0.15, -0.1) is 0 Å². The molecule has 0 saturated carbocycles. The molecule has 5 aromatic rings. The van der Waals surface area contributed by atoms with Crippen LogP contribution >= 0.6 is 19.1 Å². The lowest BCUT2D eigenvalue weighted by atomic mass is 10.1. The molecule has 0 aliphatic rings. The lowest BCUT2D eigenvalue weighted by Crippen LogP contribution is -2.39. The van der Waals surface area contributed by atoms with E-state index in [2.05, 4.69) is 41.7 Å². The molecule has 39 heavy (non-hydrogen) atoms. The van der Waals surface area contributed by atoms with Crippen LogP contribution in [0.25, 0.3) is 0 Å². The number of carbonyl (C=O) groups is 1. The van der Waals surface area contributed by atoms with Crippen LogP contribution in [-0.2, 0) is 0 Å². The predicted molar refractivity (Wildman–Crippen MR) is 170 cm³/mol. The van der Waals surface area contributed by atoms with E-state index in [1.165, 1.54) is 0 Å². The third-order valence-electron chi connectivity index (χ3n) is 6.58. The Bertz CT molecular complexity index is 1520. The molecule has 3 nitrogen and oxygen atoms in total. The Labute approximate surface area is 235 Å². The van der Waals surface area contributed by atoms with Gasteiger partial charge >= 0.3 is 0 Å². The van der Waals surface area contributed by atoms with E-state index < -0.39 is 6.89 Å². The number of ether oxygens (including phenoxy) is 1. The molecule has 5 heteroatoms. The van der Waals surface area contributed by atoms with Crippen molar-refractivity contribution in [3.8, 4) is 5.75 Å². The van der Waals surface area contributed by atoms with E-state index in [0.29, 0.717) is 21.6 Å². The zero-order chi connectivity index (χ0) is 27.1. The maximum Gasteiger partial charge on any atom is 0.197 e. The quantitative estimate of drug-likeness (QED) is 0.138. The highest BCUT2D eigenvalue weighted by molar-refractivity contribution is 8.00. The number of hydrogen-bond donors (Lipinski definition) is 1. The second-order valence-corrected chi connectivity index (χ2v) is 12.7. The molecule has 0 heterocycles. The molecular formula is C34H28NO2PS. The molecule has 0 spiro atoms. The molecule has 5 rings (SSSR count). The first-order valence-electron chi connectivity index (χ1n) is 12.6. The Hall–Kier alpha value is -4.24. The molecule has 0 saturated heterocycles. The molecule has 0 bridgehead atoms. The summed E-state index contributed by atoms with van der Waals surface area (Å²) in [6.07, 6.45) is 0. The summed E-state index contributed by atoms with van der Waals surface area (Å²) < 4.78 is 5.36. The first kappa shape index (κ1) is 26.4. The van der Waals surface area contributed by atoms with Gasteiger partial charge in [-0.3, -0.25) is 4.79 Å². The van der Waals surface area contributed by atoms with Gasteiger partial charge < -0.3 is 10.1 Å².